The highest BCUT2D eigenvalue weighted by molar-refractivity contribution is 5.90. The third kappa shape index (κ3) is 3.13. The van der Waals surface area contributed by atoms with Gasteiger partial charge in [-0.05, 0) is 24.3 Å². The molecule has 0 fully saturated rings. The first-order chi connectivity index (χ1) is 11.2. The van der Waals surface area contributed by atoms with Crippen molar-refractivity contribution in [3.05, 3.63) is 66.5 Å². The predicted molar refractivity (Wildman–Crippen MR) is 87.9 cm³/mol. The fraction of sp³-hybridized carbons (Fsp3) is 0.111. The number of anilines is 1. The van der Waals surface area contributed by atoms with Gasteiger partial charge in [0.25, 0.3) is 0 Å². The maximum absolute atomic E-state index is 14.0. The van der Waals surface area contributed by atoms with E-state index in [0.29, 0.717) is 23.5 Å². The van der Waals surface area contributed by atoms with Crippen LogP contribution in [0, 0.1) is 5.82 Å². The number of carbonyl (C=O) groups is 1. The first-order valence-corrected chi connectivity index (χ1v) is 7.39. The van der Waals surface area contributed by atoms with E-state index in [4.69, 9.17) is 0 Å². The minimum atomic E-state index is -0.349. The van der Waals surface area contributed by atoms with E-state index < -0.39 is 0 Å². The Balaban J connectivity index is 2.10. The van der Waals surface area contributed by atoms with Crippen LogP contribution in [0.3, 0.4) is 0 Å². The standard InChI is InChI=1S/C18H16FN3O/c1-2-18(23)20-17-12-16(14-10-6-7-11-15(14)19)21-22(17)13-8-4-3-5-9-13/h3-12H,2H2,1H3,(H,20,23). The SMILES string of the molecule is CCC(=O)Nc1cc(-c2ccccc2F)nn1-c1ccccc1. The molecule has 3 rings (SSSR count). The number of hydrogen-bond donors (Lipinski definition) is 1. The molecule has 1 heterocycles. The highest BCUT2D eigenvalue weighted by Gasteiger charge is 2.15. The molecule has 0 radical (unpaired) electrons. The predicted octanol–water partition coefficient (Wildman–Crippen LogP) is 4.03. The number of amides is 1. The Morgan fingerprint density at radius 1 is 1.13 bits per heavy atom. The number of aromatic nitrogens is 2. The molecule has 3 aromatic rings. The summed E-state index contributed by atoms with van der Waals surface area (Å²) in [4.78, 5) is 11.8. The van der Waals surface area contributed by atoms with Crippen molar-refractivity contribution in [2.24, 2.45) is 0 Å². The molecule has 2 aromatic carbocycles. The molecule has 1 aromatic heterocycles. The molecule has 0 atom stereocenters. The number of nitrogens with one attached hydrogen (secondary N) is 1. The fourth-order valence-corrected chi connectivity index (χ4v) is 2.27. The summed E-state index contributed by atoms with van der Waals surface area (Å²) >= 11 is 0. The van der Waals surface area contributed by atoms with Gasteiger partial charge in [0.15, 0.2) is 0 Å². The second-order valence-corrected chi connectivity index (χ2v) is 5.04. The van der Waals surface area contributed by atoms with Crippen molar-refractivity contribution in [2.45, 2.75) is 13.3 Å². The van der Waals surface area contributed by atoms with Crippen LogP contribution >= 0.6 is 0 Å². The van der Waals surface area contributed by atoms with Crippen LogP contribution in [0.25, 0.3) is 16.9 Å². The van der Waals surface area contributed by atoms with Gasteiger partial charge in [0.2, 0.25) is 5.91 Å². The largest absolute Gasteiger partial charge is 0.311 e. The van der Waals surface area contributed by atoms with Crippen LogP contribution in [0.4, 0.5) is 10.2 Å². The smallest absolute Gasteiger partial charge is 0.225 e. The van der Waals surface area contributed by atoms with Crippen LogP contribution in [-0.4, -0.2) is 15.7 Å². The molecule has 0 spiro atoms. The van der Waals surface area contributed by atoms with Crippen molar-refractivity contribution in [1.29, 1.82) is 0 Å². The highest BCUT2D eigenvalue weighted by atomic mass is 19.1. The number of benzene rings is 2. The molecule has 0 saturated heterocycles. The quantitative estimate of drug-likeness (QED) is 0.791. The van der Waals surface area contributed by atoms with E-state index >= 15 is 0 Å². The van der Waals surface area contributed by atoms with Gasteiger partial charge < -0.3 is 5.32 Å². The summed E-state index contributed by atoms with van der Waals surface area (Å²) in [6, 6.07) is 17.5. The van der Waals surface area contributed by atoms with Crippen LogP contribution in [-0.2, 0) is 4.79 Å². The fourth-order valence-electron chi connectivity index (χ4n) is 2.27. The van der Waals surface area contributed by atoms with Crippen molar-refractivity contribution in [1.82, 2.24) is 9.78 Å². The molecule has 4 nitrogen and oxygen atoms in total. The zero-order valence-corrected chi connectivity index (χ0v) is 12.7. The molecule has 5 heteroatoms. The van der Waals surface area contributed by atoms with Crippen molar-refractivity contribution < 1.29 is 9.18 Å². The van der Waals surface area contributed by atoms with E-state index in [-0.39, 0.29) is 11.7 Å². The maximum Gasteiger partial charge on any atom is 0.225 e. The first-order valence-electron chi connectivity index (χ1n) is 7.39. The van der Waals surface area contributed by atoms with E-state index in [2.05, 4.69) is 10.4 Å². The van der Waals surface area contributed by atoms with Gasteiger partial charge in [0, 0.05) is 18.1 Å². The average Bonchev–Trinajstić information content (AvgIpc) is 2.99. The summed E-state index contributed by atoms with van der Waals surface area (Å²) in [5.74, 6) is 0.0436. The van der Waals surface area contributed by atoms with Crippen LogP contribution in [0.2, 0.25) is 0 Å². The lowest BCUT2D eigenvalue weighted by molar-refractivity contribution is -0.115. The molecular formula is C18H16FN3O. The molecule has 0 aliphatic heterocycles. The minimum absolute atomic E-state index is 0.123. The molecule has 0 aliphatic rings. The highest BCUT2D eigenvalue weighted by Crippen LogP contribution is 2.26. The number of halogens is 1. The van der Waals surface area contributed by atoms with Crippen molar-refractivity contribution in [3.63, 3.8) is 0 Å². The van der Waals surface area contributed by atoms with Crippen molar-refractivity contribution in [2.75, 3.05) is 5.32 Å². The van der Waals surface area contributed by atoms with Gasteiger partial charge in [0.1, 0.15) is 11.6 Å². The summed E-state index contributed by atoms with van der Waals surface area (Å²) in [6.45, 7) is 1.77. The Labute approximate surface area is 133 Å². The van der Waals surface area contributed by atoms with Gasteiger partial charge in [-0.3, -0.25) is 4.79 Å². The summed E-state index contributed by atoms with van der Waals surface area (Å²) in [7, 11) is 0. The minimum Gasteiger partial charge on any atom is -0.311 e. The van der Waals surface area contributed by atoms with E-state index in [1.165, 1.54) is 6.07 Å². The zero-order valence-electron chi connectivity index (χ0n) is 12.7. The van der Waals surface area contributed by atoms with Gasteiger partial charge in [-0.15, -0.1) is 0 Å². The number of carbonyl (C=O) groups excluding carboxylic acids is 1. The Kier molecular flexibility index (Phi) is 4.19. The molecule has 116 valence electrons. The molecule has 0 bridgehead atoms. The lowest BCUT2D eigenvalue weighted by atomic mass is 10.1. The normalized spacial score (nSPS) is 10.5. The van der Waals surface area contributed by atoms with Gasteiger partial charge in [-0.2, -0.15) is 5.10 Å². The van der Waals surface area contributed by atoms with Crippen LogP contribution < -0.4 is 5.32 Å². The van der Waals surface area contributed by atoms with Crippen LogP contribution in [0.15, 0.2) is 60.7 Å². The van der Waals surface area contributed by atoms with E-state index in [9.17, 15) is 9.18 Å². The second-order valence-electron chi connectivity index (χ2n) is 5.04. The third-order valence-corrected chi connectivity index (χ3v) is 3.45. The number of nitrogens with zero attached hydrogens (tertiary/aromatic N) is 2. The Hall–Kier alpha value is -2.95. The Morgan fingerprint density at radius 2 is 1.83 bits per heavy atom. The van der Waals surface area contributed by atoms with Crippen molar-refractivity contribution in [3.8, 4) is 16.9 Å². The molecule has 0 aliphatic carbocycles. The second kappa shape index (κ2) is 6.44. The maximum atomic E-state index is 14.0. The van der Waals surface area contributed by atoms with E-state index in [0.717, 1.165) is 5.69 Å². The lowest BCUT2D eigenvalue weighted by Crippen LogP contribution is -2.13. The first kappa shape index (κ1) is 15.0. The third-order valence-electron chi connectivity index (χ3n) is 3.45. The zero-order chi connectivity index (χ0) is 16.2. The summed E-state index contributed by atoms with van der Waals surface area (Å²) < 4.78 is 15.6. The van der Waals surface area contributed by atoms with Crippen LogP contribution in [0.5, 0.6) is 0 Å². The summed E-state index contributed by atoms with van der Waals surface area (Å²) in [5, 5.41) is 7.27. The number of para-hydroxylation sites is 1. The van der Waals surface area contributed by atoms with E-state index in [1.807, 2.05) is 30.3 Å². The monoisotopic (exact) mass is 309 g/mol. The molecule has 0 saturated carbocycles. The molecule has 23 heavy (non-hydrogen) atoms. The van der Waals surface area contributed by atoms with Crippen molar-refractivity contribution >= 4 is 11.7 Å². The average molecular weight is 309 g/mol. The molecule has 0 unspecified atom stereocenters. The number of hydrogen-bond acceptors (Lipinski definition) is 2. The Bertz CT molecular complexity index is 827. The topological polar surface area (TPSA) is 46.9 Å². The van der Waals surface area contributed by atoms with Gasteiger partial charge >= 0.3 is 0 Å². The molecule has 1 amide bonds. The van der Waals surface area contributed by atoms with E-state index in [1.54, 1.807) is 35.9 Å². The van der Waals surface area contributed by atoms with Gasteiger partial charge in [0.05, 0.1) is 11.4 Å². The van der Waals surface area contributed by atoms with Gasteiger partial charge in [-0.25, -0.2) is 9.07 Å². The van der Waals surface area contributed by atoms with Crippen LogP contribution in [0.1, 0.15) is 13.3 Å². The molecular weight excluding hydrogens is 293 g/mol. The summed E-state index contributed by atoms with van der Waals surface area (Å²) in [5.41, 5.74) is 1.66. The van der Waals surface area contributed by atoms with Gasteiger partial charge in [-0.1, -0.05) is 37.3 Å². The Morgan fingerprint density at radius 3 is 2.52 bits per heavy atom. The summed E-state index contributed by atoms with van der Waals surface area (Å²) in [6.07, 6.45) is 0.356. The molecule has 1 N–H and O–H groups in total. The number of rotatable bonds is 4. The lowest BCUT2D eigenvalue weighted by Gasteiger charge is -2.07.